The van der Waals surface area contributed by atoms with Crippen molar-refractivity contribution in [3.05, 3.63) is 240 Å². The standard InChI is InChI=1S/C32H20N4.C14H8Cl2N2.C9H6N.3C4H9.Sn/c1-5-13-27-21(9-1)17-23(19-33-27)31-25-11-3-7-15-29(25)36-32(26-12-4-8-16-30(26)35-31)24-18-22-10-2-6-14-28(22)34-20-24;15-13-9-5-1-3-7-11(9)17-14(16)10-6-2-4-8-12(10)18-13;1-2-6-9-8(4-1)5-3-7-10-9;3*1-3-4-2;/h1-20H;1-8H;1-2,4-7H;3*1,3-4H2,2H3;. The van der Waals surface area contributed by atoms with Gasteiger partial charge in [-0.1, -0.05) is 120 Å². The van der Waals surface area contributed by atoms with E-state index in [0.29, 0.717) is 10.3 Å². The van der Waals surface area contributed by atoms with Crippen LogP contribution in [0.1, 0.15) is 92.7 Å². The van der Waals surface area contributed by atoms with Gasteiger partial charge in [-0.25, -0.2) is 20.0 Å². The first-order valence-electron chi connectivity index (χ1n) is 26.9. The zero-order valence-corrected chi connectivity index (χ0v) is 48.2. The number of nitrogens with zero attached hydrogens (tertiary/aromatic N) is 7. The van der Waals surface area contributed by atoms with Crippen LogP contribution in [-0.4, -0.2) is 55.1 Å². The van der Waals surface area contributed by atoms with Gasteiger partial charge in [0.25, 0.3) is 0 Å². The number of halogens is 2. The number of unbranched alkanes of at least 4 members (excludes halogenated alkanes) is 3. The van der Waals surface area contributed by atoms with Gasteiger partial charge in [-0.2, -0.15) is 0 Å². The molecule has 3 aromatic heterocycles. The molecule has 77 heavy (non-hydrogen) atoms. The predicted octanol–water partition coefficient (Wildman–Crippen LogP) is 18.4. The van der Waals surface area contributed by atoms with Gasteiger partial charge in [0.2, 0.25) is 0 Å². The molecule has 382 valence electrons. The first kappa shape index (κ1) is 53.2. The van der Waals surface area contributed by atoms with Gasteiger partial charge in [0.1, 0.15) is 10.3 Å². The van der Waals surface area contributed by atoms with Crippen LogP contribution in [0.5, 0.6) is 0 Å². The average Bonchev–Trinajstić information content (AvgIpc) is 3.49. The molecule has 0 unspecified atom stereocenters. The third-order valence-electron chi connectivity index (χ3n) is 14.4. The fourth-order valence-electron chi connectivity index (χ4n) is 10.3. The molecule has 0 amide bonds. The maximum atomic E-state index is 6.24. The average molecular weight is 1150 g/mol. The molecule has 0 fully saturated rings. The van der Waals surface area contributed by atoms with Crippen molar-refractivity contribution in [1.29, 1.82) is 0 Å². The molecule has 10 aromatic rings. The molecule has 0 spiro atoms. The molecule has 7 nitrogen and oxygen atoms in total. The van der Waals surface area contributed by atoms with Gasteiger partial charge in [0, 0.05) is 56.5 Å². The van der Waals surface area contributed by atoms with Crippen LogP contribution in [0.4, 0.5) is 22.7 Å². The van der Waals surface area contributed by atoms with Gasteiger partial charge in [-0.15, -0.1) is 0 Å². The summed E-state index contributed by atoms with van der Waals surface area (Å²) >= 11 is 10.2. The number of pyridine rings is 3. The minimum absolute atomic E-state index is 0.422. The second-order valence-corrected chi connectivity index (χ2v) is 33.6. The molecule has 0 saturated heterocycles. The molecule has 2 aliphatic heterocycles. The summed E-state index contributed by atoms with van der Waals surface area (Å²) < 4.78 is 6.25. The van der Waals surface area contributed by atoms with E-state index in [1.807, 2.05) is 134 Å². The van der Waals surface area contributed by atoms with Crippen LogP contribution in [0.3, 0.4) is 0 Å². The predicted molar refractivity (Wildman–Crippen MR) is 330 cm³/mol. The zero-order chi connectivity index (χ0) is 53.0. The van der Waals surface area contributed by atoms with E-state index >= 15 is 0 Å². The SMILES string of the molecule is CCC[CH2][Sn]([CH2]CCC)([CH2]CCC)[c]1cnc2ccccc2c1.ClC1=Nc2ccccc2C(Cl)=Nc2ccccc21.c1ccc2c(c1)N=C(c1cnc3ccccc3c1)c1ccccc1N=C2c1cnc2ccccc2c1. The summed E-state index contributed by atoms with van der Waals surface area (Å²) in [5, 5.41) is 4.35. The third-order valence-corrected chi connectivity index (χ3v) is 30.5. The Hall–Kier alpha value is -7.17. The molecular formula is C67H61Cl2N7Sn. The number of aromatic nitrogens is 3. The van der Waals surface area contributed by atoms with Gasteiger partial charge >= 0.3 is 147 Å². The second kappa shape index (κ2) is 25.3. The van der Waals surface area contributed by atoms with E-state index in [1.54, 1.807) is 3.58 Å². The van der Waals surface area contributed by atoms with Crippen LogP contribution in [-0.2, 0) is 0 Å². The summed E-state index contributed by atoms with van der Waals surface area (Å²) in [5.41, 5.74) is 13.4. The Labute approximate surface area is 466 Å². The molecule has 0 radical (unpaired) electrons. The Kier molecular flexibility index (Phi) is 17.5. The molecule has 0 aliphatic carbocycles. The first-order valence-corrected chi connectivity index (χ1v) is 35.2. The van der Waals surface area contributed by atoms with E-state index in [9.17, 15) is 0 Å². The summed E-state index contributed by atoms with van der Waals surface area (Å²) in [6.07, 6.45) is 14.3. The topological polar surface area (TPSA) is 88.1 Å². The minimum atomic E-state index is -2.31. The quantitative estimate of drug-likeness (QED) is 0.114. The summed E-state index contributed by atoms with van der Waals surface area (Å²) in [7, 11) is 0. The van der Waals surface area contributed by atoms with Crippen LogP contribution in [0.2, 0.25) is 13.3 Å². The van der Waals surface area contributed by atoms with Crippen molar-refractivity contribution >= 4 is 122 Å². The first-order chi connectivity index (χ1) is 37.8. The molecule has 0 saturated carbocycles. The molecule has 0 atom stereocenters. The molecule has 12 rings (SSSR count). The molecular weight excluding hydrogens is 1090 g/mol. The van der Waals surface area contributed by atoms with E-state index in [2.05, 4.69) is 104 Å². The van der Waals surface area contributed by atoms with Gasteiger partial charge in [-0.05, 0) is 60.7 Å². The second-order valence-electron chi connectivity index (χ2n) is 19.6. The van der Waals surface area contributed by atoms with Crippen molar-refractivity contribution < 1.29 is 0 Å². The summed E-state index contributed by atoms with van der Waals surface area (Å²) in [6.45, 7) is 7.03. The minimum Gasteiger partial charge on any atom is -0.256 e. The monoisotopic (exact) mass is 1150 g/mol. The van der Waals surface area contributed by atoms with Crippen molar-refractivity contribution in [2.24, 2.45) is 20.0 Å². The maximum Gasteiger partial charge on any atom is 0.139 e. The van der Waals surface area contributed by atoms with E-state index in [0.717, 1.165) is 94.9 Å². The van der Waals surface area contributed by atoms with E-state index in [1.165, 1.54) is 57.2 Å². The van der Waals surface area contributed by atoms with Crippen LogP contribution in [0.25, 0.3) is 32.7 Å². The number of aliphatic imine (C=N–C) groups is 4. The fourth-order valence-corrected chi connectivity index (χ4v) is 26.5. The smallest absolute Gasteiger partial charge is 0.139 e. The van der Waals surface area contributed by atoms with E-state index in [4.69, 9.17) is 48.1 Å². The molecule has 5 heterocycles. The number of rotatable bonds is 12. The van der Waals surface area contributed by atoms with Crippen molar-refractivity contribution in [3.8, 4) is 0 Å². The largest absolute Gasteiger partial charge is 0.256 e. The van der Waals surface area contributed by atoms with Crippen LogP contribution in [0, 0.1) is 0 Å². The normalized spacial score (nSPS) is 12.7. The van der Waals surface area contributed by atoms with E-state index in [-0.39, 0.29) is 0 Å². The van der Waals surface area contributed by atoms with Crippen LogP contribution in [0.15, 0.2) is 227 Å². The molecule has 7 aromatic carbocycles. The van der Waals surface area contributed by atoms with Crippen LogP contribution >= 0.6 is 23.2 Å². The third kappa shape index (κ3) is 12.3. The fraction of sp³-hybridized carbons (Fsp3) is 0.179. The molecule has 10 heteroatoms. The van der Waals surface area contributed by atoms with Crippen molar-refractivity contribution in [2.75, 3.05) is 0 Å². The van der Waals surface area contributed by atoms with Gasteiger partial charge < -0.3 is 0 Å². The van der Waals surface area contributed by atoms with Crippen molar-refractivity contribution in [1.82, 2.24) is 15.0 Å². The van der Waals surface area contributed by atoms with E-state index < -0.39 is 18.4 Å². The zero-order valence-electron chi connectivity index (χ0n) is 43.9. The Morgan fingerprint density at radius 1 is 0.351 bits per heavy atom. The maximum absolute atomic E-state index is 6.24. The van der Waals surface area contributed by atoms with Gasteiger partial charge in [-0.3, -0.25) is 9.97 Å². The Balaban J connectivity index is 0.000000141. The molecule has 0 bridgehead atoms. The Bertz CT molecular complexity index is 3630. The number of hydrogen-bond donors (Lipinski definition) is 0. The van der Waals surface area contributed by atoms with Crippen molar-refractivity contribution in [2.45, 2.75) is 72.6 Å². The summed E-state index contributed by atoms with van der Waals surface area (Å²) in [4.78, 5) is 33.5. The number of fused-ring (bicyclic) bond motifs is 7. The summed E-state index contributed by atoms with van der Waals surface area (Å²) in [6, 6.07) is 63.1. The number of hydrogen-bond acceptors (Lipinski definition) is 7. The van der Waals surface area contributed by atoms with Gasteiger partial charge in [0.05, 0.1) is 45.2 Å². The van der Waals surface area contributed by atoms with Crippen molar-refractivity contribution in [3.63, 3.8) is 0 Å². The Morgan fingerprint density at radius 3 is 1.08 bits per heavy atom. The molecule has 0 N–H and O–H groups in total. The van der Waals surface area contributed by atoms with Crippen LogP contribution < -0.4 is 3.58 Å². The summed E-state index contributed by atoms with van der Waals surface area (Å²) in [5.74, 6) is 0. The molecule has 2 aliphatic rings. The number of benzene rings is 7. The number of para-hydroxylation sites is 7. The van der Waals surface area contributed by atoms with Gasteiger partial charge in [0.15, 0.2) is 0 Å². The Morgan fingerprint density at radius 2 is 0.675 bits per heavy atom.